The maximum Gasteiger partial charge on any atom is 0.122 e. The number of fused-ring (bicyclic) bond motifs is 3. The van der Waals surface area contributed by atoms with Crippen LogP contribution >= 0.6 is 0 Å². The molecular formula is C20H17NO. The van der Waals surface area contributed by atoms with Gasteiger partial charge in [0.15, 0.2) is 0 Å². The van der Waals surface area contributed by atoms with Crippen LogP contribution in [0.15, 0.2) is 60.7 Å². The lowest BCUT2D eigenvalue weighted by Crippen LogP contribution is -1.86. The summed E-state index contributed by atoms with van der Waals surface area (Å²) in [5.74, 6) is 0.929. The Balaban J connectivity index is 2.08. The fraction of sp³-hybridized carbons (Fsp3) is 0.100. The molecule has 0 amide bonds. The molecule has 0 bridgehead atoms. The molecule has 4 aromatic rings. The summed E-state index contributed by atoms with van der Waals surface area (Å²) < 4.78 is 5.47. The molecule has 0 radical (unpaired) electrons. The van der Waals surface area contributed by atoms with Crippen LogP contribution in [-0.4, -0.2) is 12.1 Å². The maximum absolute atomic E-state index is 5.47. The number of aromatic nitrogens is 1. The summed E-state index contributed by atoms with van der Waals surface area (Å²) in [5, 5.41) is 2.44. The summed E-state index contributed by atoms with van der Waals surface area (Å²) in [6.45, 7) is 2.07. The van der Waals surface area contributed by atoms with Gasteiger partial charge in [-0.15, -0.1) is 0 Å². The molecule has 4 rings (SSSR count). The van der Waals surface area contributed by atoms with Crippen LogP contribution < -0.4 is 4.74 Å². The van der Waals surface area contributed by atoms with Crippen LogP contribution in [0.25, 0.3) is 32.9 Å². The molecular weight excluding hydrogens is 270 g/mol. The zero-order valence-corrected chi connectivity index (χ0v) is 12.7. The largest absolute Gasteiger partial charge is 0.496 e. The second-order valence-electron chi connectivity index (χ2n) is 5.59. The van der Waals surface area contributed by atoms with Gasteiger partial charge in [-0.1, -0.05) is 48.5 Å². The molecule has 0 fully saturated rings. The summed E-state index contributed by atoms with van der Waals surface area (Å²) in [5.41, 5.74) is 5.92. The quantitative estimate of drug-likeness (QED) is 0.531. The first-order valence-electron chi connectivity index (χ1n) is 7.42. The SMILES string of the molecule is COc1cc2c(cc1C)[nH]c1c(-c3ccccc3)cccc12. The Bertz CT molecular complexity index is 967. The van der Waals surface area contributed by atoms with Crippen molar-refractivity contribution in [2.24, 2.45) is 0 Å². The average molecular weight is 287 g/mol. The van der Waals surface area contributed by atoms with E-state index in [0.717, 1.165) is 16.8 Å². The number of nitrogens with one attached hydrogen (secondary N) is 1. The van der Waals surface area contributed by atoms with Crippen molar-refractivity contribution in [2.45, 2.75) is 6.92 Å². The Morgan fingerprint density at radius 2 is 1.68 bits per heavy atom. The van der Waals surface area contributed by atoms with Crippen molar-refractivity contribution in [1.29, 1.82) is 0 Å². The molecule has 22 heavy (non-hydrogen) atoms. The van der Waals surface area contributed by atoms with E-state index in [-0.39, 0.29) is 0 Å². The number of para-hydroxylation sites is 1. The van der Waals surface area contributed by atoms with Gasteiger partial charge in [-0.3, -0.25) is 0 Å². The third-order valence-corrected chi connectivity index (χ3v) is 4.23. The highest BCUT2D eigenvalue weighted by Crippen LogP contribution is 2.35. The molecule has 2 heteroatoms. The summed E-state index contributed by atoms with van der Waals surface area (Å²) >= 11 is 0. The molecule has 1 aromatic heterocycles. The lowest BCUT2D eigenvalue weighted by Gasteiger charge is -2.04. The van der Waals surface area contributed by atoms with E-state index >= 15 is 0 Å². The standard InChI is InChI=1S/C20H17NO/c1-13-11-18-17(12-19(13)22-2)16-10-6-9-15(20(16)21-18)14-7-4-3-5-8-14/h3-12,21H,1-2H3. The lowest BCUT2D eigenvalue weighted by atomic mass is 10.0. The highest BCUT2D eigenvalue weighted by molar-refractivity contribution is 6.12. The normalized spacial score (nSPS) is 11.2. The lowest BCUT2D eigenvalue weighted by molar-refractivity contribution is 0.412. The zero-order valence-electron chi connectivity index (χ0n) is 12.7. The number of aromatic amines is 1. The molecule has 0 unspecified atom stereocenters. The van der Waals surface area contributed by atoms with Gasteiger partial charge in [0.25, 0.3) is 0 Å². The van der Waals surface area contributed by atoms with Crippen LogP contribution in [0.2, 0.25) is 0 Å². The first kappa shape index (κ1) is 13.0. The van der Waals surface area contributed by atoms with Crippen LogP contribution in [0.5, 0.6) is 5.75 Å². The molecule has 0 aliphatic rings. The van der Waals surface area contributed by atoms with Crippen LogP contribution in [0.4, 0.5) is 0 Å². The van der Waals surface area contributed by atoms with Gasteiger partial charge in [-0.05, 0) is 30.2 Å². The molecule has 1 heterocycles. The zero-order chi connectivity index (χ0) is 15.1. The number of H-pyrrole nitrogens is 1. The average Bonchev–Trinajstić information content (AvgIpc) is 2.92. The third kappa shape index (κ3) is 1.88. The first-order chi connectivity index (χ1) is 10.8. The minimum absolute atomic E-state index is 0.929. The van der Waals surface area contributed by atoms with E-state index < -0.39 is 0 Å². The van der Waals surface area contributed by atoms with Gasteiger partial charge >= 0.3 is 0 Å². The fourth-order valence-electron chi connectivity index (χ4n) is 3.14. The second kappa shape index (κ2) is 4.92. The number of benzene rings is 3. The van der Waals surface area contributed by atoms with E-state index in [2.05, 4.69) is 66.5 Å². The Labute approximate surface area is 129 Å². The van der Waals surface area contributed by atoms with Gasteiger partial charge in [-0.2, -0.15) is 0 Å². The number of rotatable bonds is 2. The summed E-state index contributed by atoms with van der Waals surface area (Å²) in [6.07, 6.45) is 0. The second-order valence-corrected chi connectivity index (χ2v) is 5.59. The van der Waals surface area contributed by atoms with E-state index in [1.807, 2.05) is 6.07 Å². The van der Waals surface area contributed by atoms with E-state index in [0.29, 0.717) is 0 Å². The predicted molar refractivity (Wildman–Crippen MR) is 92.5 cm³/mol. The van der Waals surface area contributed by atoms with Crippen LogP contribution in [-0.2, 0) is 0 Å². The van der Waals surface area contributed by atoms with E-state index in [1.54, 1.807) is 7.11 Å². The van der Waals surface area contributed by atoms with E-state index in [1.165, 1.54) is 27.4 Å². The summed E-state index contributed by atoms with van der Waals surface area (Å²) in [4.78, 5) is 3.58. The van der Waals surface area contributed by atoms with E-state index in [9.17, 15) is 0 Å². The van der Waals surface area contributed by atoms with E-state index in [4.69, 9.17) is 4.74 Å². The van der Waals surface area contributed by atoms with Crippen molar-refractivity contribution in [3.8, 4) is 16.9 Å². The molecule has 1 N–H and O–H groups in total. The number of aryl methyl sites for hydroxylation is 1. The van der Waals surface area contributed by atoms with Gasteiger partial charge in [-0.25, -0.2) is 0 Å². The number of hydrogen-bond donors (Lipinski definition) is 1. The molecule has 0 aliphatic heterocycles. The molecule has 0 saturated heterocycles. The van der Waals surface area contributed by atoms with Gasteiger partial charge in [0.05, 0.1) is 12.6 Å². The maximum atomic E-state index is 5.47. The molecule has 0 aliphatic carbocycles. The Morgan fingerprint density at radius 3 is 2.45 bits per heavy atom. The topological polar surface area (TPSA) is 25.0 Å². The van der Waals surface area contributed by atoms with Crippen molar-refractivity contribution in [3.63, 3.8) is 0 Å². The number of hydrogen-bond acceptors (Lipinski definition) is 1. The number of methoxy groups -OCH3 is 1. The minimum atomic E-state index is 0.929. The van der Waals surface area contributed by atoms with Gasteiger partial charge in [0.1, 0.15) is 5.75 Å². The van der Waals surface area contributed by atoms with Gasteiger partial charge < -0.3 is 9.72 Å². The molecule has 108 valence electrons. The summed E-state index contributed by atoms with van der Waals surface area (Å²) in [6, 6.07) is 21.2. The first-order valence-corrected chi connectivity index (χ1v) is 7.42. The van der Waals surface area contributed by atoms with Crippen LogP contribution in [0.1, 0.15) is 5.56 Å². The monoisotopic (exact) mass is 287 g/mol. The van der Waals surface area contributed by atoms with Crippen molar-refractivity contribution in [3.05, 3.63) is 66.2 Å². The predicted octanol–water partition coefficient (Wildman–Crippen LogP) is 5.31. The molecule has 0 saturated carbocycles. The van der Waals surface area contributed by atoms with Crippen LogP contribution in [0, 0.1) is 6.92 Å². The fourth-order valence-corrected chi connectivity index (χ4v) is 3.14. The van der Waals surface area contributed by atoms with Gasteiger partial charge in [0, 0.05) is 21.9 Å². The van der Waals surface area contributed by atoms with Crippen LogP contribution in [0.3, 0.4) is 0 Å². The number of ether oxygens (including phenoxy) is 1. The Kier molecular flexibility index (Phi) is 2.90. The highest BCUT2D eigenvalue weighted by atomic mass is 16.5. The van der Waals surface area contributed by atoms with Crippen molar-refractivity contribution < 1.29 is 4.74 Å². The molecule has 0 spiro atoms. The Morgan fingerprint density at radius 1 is 0.864 bits per heavy atom. The molecule has 3 aromatic carbocycles. The minimum Gasteiger partial charge on any atom is -0.496 e. The Hall–Kier alpha value is -2.74. The molecule has 0 atom stereocenters. The van der Waals surface area contributed by atoms with Gasteiger partial charge in [0.2, 0.25) is 0 Å². The molecule has 2 nitrogen and oxygen atoms in total. The van der Waals surface area contributed by atoms with Crippen molar-refractivity contribution >= 4 is 21.8 Å². The van der Waals surface area contributed by atoms with Crippen molar-refractivity contribution in [2.75, 3.05) is 7.11 Å². The third-order valence-electron chi connectivity index (χ3n) is 4.23. The smallest absolute Gasteiger partial charge is 0.122 e. The van der Waals surface area contributed by atoms with Crippen molar-refractivity contribution in [1.82, 2.24) is 4.98 Å². The highest BCUT2D eigenvalue weighted by Gasteiger charge is 2.11. The summed E-state index contributed by atoms with van der Waals surface area (Å²) in [7, 11) is 1.72.